The van der Waals surface area contributed by atoms with Crippen molar-refractivity contribution in [3.8, 4) is 0 Å². The summed E-state index contributed by atoms with van der Waals surface area (Å²) in [5.41, 5.74) is 0.786. The molecule has 1 heterocycles. The number of nitrogens with zero attached hydrogens (tertiary/aromatic N) is 2. The van der Waals surface area contributed by atoms with E-state index in [4.69, 9.17) is 23.2 Å². The lowest BCUT2D eigenvalue weighted by atomic mass is 10.2. The quantitative estimate of drug-likeness (QED) is 0.281. The molecule has 0 spiro atoms. The van der Waals surface area contributed by atoms with Gasteiger partial charge in [-0.25, -0.2) is 4.98 Å². The van der Waals surface area contributed by atoms with Gasteiger partial charge in [-0.05, 0) is 36.4 Å². The Balaban J connectivity index is 1.84. The largest absolute Gasteiger partial charge is 0.324 e. The predicted molar refractivity (Wildman–Crippen MR) is 120 cm³/mol. The van der Waals surface area contributed by atoms with Gasteiger partial charge in [0, 0.05) is 16.0 Å². The third kappa shape index (κ3) is 4.78. The molecule has 3 aromatic rings. The van der Waals surface area contributed by atoms with Crippen molar-refractivity contribution in [3.63, 3.8) is 0 Å². The van der Waals surface area contributed by atoms with Gasteiger partial charge >= 0.3 is 0 Å². The Morgan fingerprint density at radius 2 is 2.07 bits per heavy atom. The molecule has 1 N–H and O–H groups in total. The molecule has 0 bridgehead atoms. The van der Waals surface area contributed by atoms with E-state index >= 15 is 0 Å². The highest BCUT2D eigenvalue weighted by atomic mass is 79.9. The molecule has 0 atom stereocenters. The van der Waals surface area contributed by atoms with Gasteiger partial charge in [-0.15, -0.1) is 6.58 Å². The Hall–Kier alpha value is -1.80. The first kappa shape index (κ1) is 20.9. The SMILES string of the molecule is C=CCn1c(SCC(=O)Nc2ccc(Br)cc2Cl)nc2cc(Cl)ccc2c1=O. The second kappa shape index (κ2) is 9.13. The molecule has 0 aliphatic rings. The van der Waals surface area contributed by atoms with E-state index in [9.17, 15) is 9.59 Å². The Morgan fingerprint density at radius 1 is 1.29 bits per heavy atom. The zero-order valence-corrected chi connectivity index (χ0v) is 18.3. The molecule has 0 unspecified atom stereocenters. The lowest BCUT2D eigenvalue weighted by Gasteiger charge is -2.12. The third-order valence-corrected chi connectivity index (χ3v) is 5.75. The number of hydrogen-bond acceptors (Lipinski definition) is 4. The maximum atomic E-state index is 12.8. The van der Waals surface area contributed by atoms with Crippen LogP contribution in [0.1, 0.15) is 0 Å². The normalized spacial score (nSPS) is 10.8. The molecule has 2 aromatic carbocycles. The van der Waals surface area contributed by atoms with Gasteiger partial charge < -0.3 is 5.32 Å². The number of nitrogens with one attached hydrogen (secondary N) is 1. The van der Waals surface area contributed by atoms with Crippen molar-refractivity contribution < 1.29 is 4.79 Å². The molecule has 144 valence electrons. The number of carbonyl (C=O) groups is 1. The van der Waals surface area contributed by atoms with E-state index in [-0.39, 0.29) is 23.8 Å². The monoisotopic (exact) mass is 497 g/mol. The van der Waals surface area contributed by atoms with Crippen molar-refractivity contribution in [2.45, 2.75) is 11.7 Å². The third-order valence-electron chi connectivity index (χ3n) is 3.73. The van der Waals surface area contributed by atoms with Crippen LogP contribution in [0.25, 0.3) is 10.9 Å². The molecular formula is C19H14BrCl2N3O2S. The molecule has 28 heavy (non-hydrogen) atoms. The smallest absolute Gasteiger partial charge is 0.262 e. The Labute approximate surface area is 183 Å². The minimum atomic E-state index is -0.264. The van der Waals surface area contributed by atoms with E-state index in [2.05, 4.69) is 32.8 Å². The number of allylic oxidation sites excluding steroid dienone is 1. The van der Waals surface area contributed by atoms with E-state index < -0.39 is 0 Å². The molecule has 3 rings (SSSR count). The number of hydrogen-bond donors (Lipinski definition) is 1. The number of thioether (sulfide) groups is 1. The van der Waals surface area contributed by atoms with E-state index in [0.29, 0.717) is 31.8 Å². The first-order chi connectivity index (χ1) is 13.4. The fourth-order valence-corrected chi connectivity index (χ4v) is 4.18. The zero-order chi connectivity index (χ0) is 20.3. The molecule has 0 saturated heterocycles. The molecule has 0 fully saturated rings. The second-order valence-corrected chi connectivity index (χ2v) is 8.42. The summed E-state index contributed by atoms with van der Waals surface area (Å²) >= 11 is 16.6. The van der Waals surface area contributed by atoms with Gasteiger partial charge in [-0.2, -0.15) is 0 Å². The summed E-state index contributed by atoms with van der Waals surface area (Å²) in [6.45, 7) is 3.97. The standard InChI is InChI=1S/C19H14BrCl2N3O2S/c1-2-7-25-18(27)13-5-4-12(21)9-16(13)24-19(25)28-10-17(26)23-15-6-3-11(20)8-14(15)22/h2-6,8-9H,1,7,10H2,(H,23,26). The lowest BCUT2D eigenvalue weighted by molar-refractivity contribution is -0.113. The highest BCUT2D eigenvalue weighted by Crippen LogP contribution is 2.26. The average Bonchev–Trinajstić information content (AvgIpc) is 2.65. The van der Waals surface area contributed by atoms with Crippen molar-refractivity contribution in [2.75, 3.05) is 11.1 Å². The number of rotatable bonds is 6. The fourth-order valence-electron chi connectivity index (χ4n) is 2.48. The maximum absolute atomic E-state index is 12.8. The van der Waals surface area contributed by atoms with E-state index in [0.717, 1.165) is 16.2 Å². The number of benzene rings is 2. The molecule has 0 radical (unpaired) electrons. The number of anilines is 1. The maximum Gasteiger partial charge on any atom is 0.262 e. The van der Waals surface area contributed by atoms with Gasteiger partial charge in [0.2, 0.25) is 5.91 Å². The van der Waals surface area contributed by atoms with Crippen LogP contribution in [0.4, 0.5) is 5.69 Å². The van der Waals surface area contributed by atoms with Crippen molar-refractivity contribution in [1.29, 1.82) is 0 Å². The first-order valence-electron chi connectivity index (χ1n) is 8.07. The van der Waals surface area contributed by atoms with E-state index in [1.165, 1.54) is 4.57 Å². The number of fused-ring (bicyclic) bond motifs is 1. The second-order valence-electron chi connectivity index (χ2n) is 5.72. The van der Waals surface area contributed by atoms with Crippen molar-refractivity contribution >= 4 is 73.4 Å². The van der Waals surface area contributed by atoms with Gasteiger partial charge in [0.05, 0.1) is 27.4 Å². The van der Waals surface area contributed by atoms with Gasteiger partial charge in [-0.1, -0.05) is 57.0 Å². The van der Waals surface area contributed by atoms with Crippen LogP contribution in [0, 0.1) is 0 Å². The highest BCUT2D eigenvalue weighted by molar-refractivity contribution is 9.10. The zero-order valence-electron chi connectivity index (χ0n) is 14.4. The molecule has 5 nitrogen and oxygen atoms in total. The minimum Gasteiger partial charge on any atom is -0.324 e. The fraction of sp³-hybridized carbons (Fsp3) is 0.105. The van der Waals surface area contributed by atoms with Crippen LogP contribution in [-0.2, 0) is 11.3 Å². The van der Waals surface area contributed by atoms with E-state index in [1.807, 2.05) is 0 Å². The van der Waals surface area contributed by atoms with Gasteiger partial charge in [-0.3, -0.25) is 14.2 Å². The van der Waals surface area contributed by atoms with Crippen LogP contribution in [0.15, 0.2) is 63.5 Å². The summed E-state index contributed by atoms with van der Waals surface area (Å²) in [7, 11) is 0. The van der Waals surface area contributed by atoms with Gasteiger partial charge in [0.15, 0.2) is 5.16 Å². The van der Waals surface area contributed by atoms with Crippen LogP contribution >= 0.6 is 50.9 Å². The highest BCUT2D eigenvalue weighted by Gasteiger charge is 2.14. The first-order valence-corrected chi connectivity index (χ1v) is 10.6. The van der Waals surface area contributed by atoms with Crippen molar-refractivity contribution in [3.05, 3.63) is 73.9 Å². The van der Waals surface area contributed by atoms with Crippen LogP contribution in [-0.4, -0.2) is 21.2 Å². The Morgan fingerprint density at radius 3 is 2.79 bits per heavy atom. The molecule has 1 aromatic heterocycles. The summed E-state index contributed by atoms with van der Waals surface area (Å²) in [4.78, 5) is 29.6. The van der Waals surface area contributed by atoms with Crippen molar-refractivity contribution in [2.24, 2.45) is 0 Å². The summed E-state index contributed by atoms with van der Waals surface area (Å²) in [5.74, 6) is -0.206. The van der Waals surface area contributed by atoms with Crippen LogP contribution in [0.3, 0.4) is 0 Å². The number of halogens is 3. The number of carbonyl (C=O) groups excluding carboxylic acids is 1. The predicted octanol–water partition coefficient (Wildman–Crippen LogP) is 5.38. The summed E-state index contributed by atoms with van der Waals surface area (Å²) in [5, 5.41) is 4.54. The number of amides is 1. The Bertz CT molecular complexity index is 1130. The minimum absolute atomic E-state index is 0.0576. The average molecular weight is 499 g/mol. The molecular weight excluding hydrogens is 485 g/mol. The van der Waals surface area contributed by atoms with Gasteiger partial charge in [0.25, 0.3) is 5.56 Å². The summed E-state index contributed by atoms with van der Waals surface area (Å²) < 4.78 is 2.30. The van der Waals surface area contributed by atoms with Crippen molar-refractivity contribution in [1.82, 2.24) is 9.55 Å². The Kier molecular flexibility index (Phi) is 6.82. The molecule has 1 amide bonds. The topological polar surface area (TPSA) is 64.0 Å². The van der Waals surface area contributed by atoms with E-state index in [1.54, 1.807) is 42.5 Å². The van der Waals surface area contributed by atoms with Gasteiger partial charge in [0.1, 0.15) is 0 Å². The van der Waals surface area contributed by atoms with Crippen LogP contribution in [0.5, 0.6) is 0 Å². The summed E-state index contributed by atoms with van der Waals surface area (Å²) in [6, 6.07) is 10.1. The van der Waals surface area contributed by atoms with Crippen LogP contribution in [0.2, 0.25) is 10.0 Å². The molecule has 0 saturated carbocycles. The number of aromatic nitrogens is 2. The molecule has 9 heteroatoms. The van der Waals surface area contributed by atoms with Crippen LogP contribution < -0.4 is 10.9 Å². The molecule has 0 aliphatic carbocycles. The summed E-state index contributed by atoms with van der Waals surface area (Å²) in [6.07, 6.45) is 1.61. The molecule has 0 aliphatic heterocycles. The lowest BCUT2D eigenvalue weighted by Crippen LogP contribution is -2.23.